The first kappa shape index (κ1) is 16.4. The van der Waals surface area contributed by atoms with Gasteiger partial charge >= 0.3 is 0 Å². The molecule has 6 nitrogen and oxygen atoms in total. The Bertz CT molecular complexity index is 937. The van der Waals surface area contributed by atoms with Gasteiger partial charge in [0.25, 0.3) is 5.91 Å². The zero-order valence-electron chi connectivity index (χ0n) is 14.0. The number of nitrogens with zero attached hydrogens (tertiary/aromatic N) is 1. The molecule has 26 heavy (non-hydrogen) atoms. The molecule has 2 aromatic carbocycles. The second-order valence-electron chi connectivity index (χ2n) is 5.76. The molecule has 3 aromatic rings. The lowest BCUT2D eigenvalue weighted by Gasteiger charge is -2.06. The first-order chi connectivity index (χ1) is 12.7. The van der Waals surface area contributed by atoms with E-state index in [-0.39, 0.29) is 19.3 Å². The van der Waals surface area contributed by atoms with E-state index in [4.69, 9.17) is 14.2 Å². The highest BCUT2D eigenvalue weighted by Gasteiger charge is 2.15. The fourth-order valence-corrected chi connectivity index (χ4v) is 3.19. The van der Waals surface area contributed by atoms with Gasteiger partial charge in [-0.25, -0.2) is 4.98 Å². The fraction of sp³-hybridized carbons (Fsp3) is 0.158. The molecule has 1 aliphatic rings. The summed E-state index contributed by atoms with van der Waals surface area (Å²) in [6.07, 6.45) is 0. The molecule has 7 heteroatoms. The van der Waals surface area contributed by atoms with Crippen molar-refractivity contribution in [2.45, 2.75) is 6.92 Å². The van der Waals surface area contributed by atoms with Crippen LogP contribution in [0.25, 0.3) is 11.3 Å². The Labute approximate surface area is 154 Å². The SMILES string of the molecule is Cc1ccc(OCC(=O)Nc2nc(-c3ccc4c(c3)OCO4)cs2)cc1. The Morgan fingerprint density at radius 2 is 2.00 bits per heavy atom. The van der Waals surface area contributed by atoms with Crippen LogP contribution in [0, 0.1) is 6.92 Å². The molecule has 0 fully saturated rings. The standard InChI is InChI=1S/C19H16N2O4S/c1-12-2-5-14(6-3-12)23-9-18(22)21-19-20-15(10-26-19)13-4-7-16-17(8-13)25-11-24-16/h2-8,10H,9,11H2,1H3,(H,20,21,22). The van der Waals surface area contributed by atoms with Crippen molar-refractivity contribution in [1.82, 2.24) is 4.98 Å². The lowest BCUT2D eigenvalue weighted by atomic mass is 10.1. The molecule has 0 aliphatic carbocycles. The van der Waals surface area contributed by atoms with Crippen LogP contribution in [0.2, 0.25) is 0 Å². The highest BCUT2D eigenvalue weighted by atomic mass is 32.1. The third-order valence-corrected chi connectivity index (χ3v) is 4.57. The van der Waals surface area contributed by atoms with Gasteiger partial charge in [0.15, 0.2) is 23.2 Å². The molecule has 0 unspecified atom stereocenters. The summed E-state index contributed by atoms with van der Waals surface area (Å²) in [5.74, 6) is 1.83. The maximum absolute atomic E-state index is 12.0. The van der Waals surface area contributed by atoms with Gasteiger partial charge in [-0.2, -0.15) is 0 Å². The van der Waals surface area contributed by atoms with Crippen LogP contribution in [-0.2, 0) is 4.79 Å². The summed E-state index contributed by atoms with van der Waals surface area (Å²) in [6.45, 7) is 2.16. The molecule has 132 valence electrons. The van der Waals surface area contributed by atoms with Gasteiger partial charge < -0.3 is 14.2 Å². The number of amides is 1. The highest BCUT2D eigenvalue weighted by Crippen LogP contribution is 2.36. The number of ether oxygens (including phenoxy) is 3. The predicted octanol–water partition coefficient (Wildman–Crippen LogP) is 3.86. The number of rotatable bonds is 5. The Hall–Kier alpha value is -3.06. The Kier molecular flexibility index (Phi) is 4.45. The number of fused-ring (bicyclic) bond motifs is 1. The van der Waals surface area contributed by atoms with Crippen molar-refractivity contribution in [1.29, 1.82) is 0 Å². The Morgan fingerprint density at radius 3 is 2.85 bits per heavy atom. The largest absolute Gasteiger partial charge is 0.484 e. The van der Waals surface area contributed by atoms with Crippen LogP contribution in [0.15, 0.2) is 47.8 Å². The first-order valence-electron chi connectivity index (χ1n) is 8.02. The van der Waals surface area contributed by atoms with Gasteiger partial charge in [0.1, 0.15) is 5.75 Å². The van der Waals surface area contributed by atoms with Crippen LogP contribution in [0.1, 0.15) is 5.56 Å². The van der Waals surface area contributed by atoms with Crippen molar-refractivity contribution in [3.8, 4) is 28.5 Å². The van der Waals surface area contributed by atoms with Crippen molar-refractivity contribution in [2.75, 3.05) is 18.7 Å². The van der Waals surface area contributed by atoms with E-state index in [1.165, 1.54) is 11.3 Å². The van der Waals surface area contributed by atoms with Gasteiger partial charge in [0, 0.05) is 10.9 Å². The first-order valence-corrected chi connectivity index (χ1v) is 8.90. The number of thiazole rings is 1. The van der Waals surface area contributed by atoms with Crippen LogP contribution in [0.5, 0.6) is 17.2 Å². The highest BCUT2D eigenvalue weighted by molar-refractivity contribution is 7.14. The quantitative estimate of drug-likeness (QED) is 0.740. The van der Waals surface area contributed by atoms with E-state index >= 15 is 0 Å². The van der Waals surface area contributed by atoms with Crippen molar-refractivity contribution < 1.29 is 19.0 Å². The van der Waals surface area contributed by atoms with Crippen molar-refractivity contribution in [3.05, 3.63) is 53.4 Å². The van der Waals surface area contributed by atoms with Crippen molar-refractivity contribution in [2.24, 2.45) is 0 Å². The number of carbonyl (C=O) groups excluding carboxylic acids is 1. The summed E-state index contributed by atoms with van der Waals surface area (Å²) in [4.78, 5) is 16.5. The molecule has 1 aliphatic heterocycles. The van der Waals surface area contributed by atoms with E-state index in [0.29, 0.717) is 16.6 Å². The molecule has 1 aromatic heterocycles. The van der Waals surface area contributed by atoms with Gasteiger partial charge in [-0.3, -0.25) is 10.1 Å². The molecule has 0 radical (unpaired) electrons. The van der Waals surface area contributed by atoms with Crippen LogP contribution in [0.4, 0.5) is 5.13 Å². The van der Waals surface area contributed by atoms with Crippen LogP contribution >= 0.6 is 11.3 Å². The summed E-state index contributed by atoms with van der Waals surface area (Å²) < 4.78 is 16.2. The molecule has 0 saturated carbocycles. The number of aryl methyl sites for hydroxylation is 1. The van der Waals surface area contributed by atoms with E-state index in [9.17, 15) is 4.79 Å². The predicted molar refractivity (Wildman–Crippen MR) is 99.0 cm³/mol. The van der Waals surface area contributed by atoms with Crippen molar-refractivity contribution >= 4 is 22.4 Å². The maximum atomic E-state index is 12.0. The van der Waals surface area contributed by atoms with Gasteiger partial charge in [-0.05, 0) is 37.3 Å². The summed E-state index contributed by atoms with van der Waals surface area (Å²) in [5.41, 5.74) is 2.81. The molecule has 4 rings (SSSR count). The van der Waals surface area contributed by atoms with Gasteiger partial charge in [-0.15, -0.1) is 11.3 Å². The number of hydrogen-bond donors (Lipinski definition) is 1. The zero-order chi connectivity index (χ0) is 17.9. The number of anilines is 1. The molecule has 0 bridgehead atoms. The summed E-state index contributed by atoms with van der Waals surface area (Å²) >= 11 is 1.36. The van der Waals surface area contributed by atoms with E-state index in [1.807, 2.05) is 54.8 Å². The number of carbonyl (C=O) groups is 1. The fourth-order valence-electron chi connectivity index (χ4n) is 2.46. The topological polar surface area (TPSA) is 69.7 Å². The summed E-state index contributed by atoms with van der Waals surface area (Å²) in [7, 11) is 0. The second-order valence-corrected chi connectivity index (χ2v) is 6.61. The van der Waals surface area contributed by atoms with Gasteiger partial charge in [-0.1, -0.05) is 17.7 Å². The Balaban J connectivity index is 1.37. The third kappa shape index (κ3) is 3.62. The Morgan fingerprint density at radius 1 is 1.19 bits per heavy atom. The van der Waals surface area contributed by atoms with Crippen LogP contribution < -0.4 is 19.5 Å². The molecule has 1 N–H and O–H groups in total. The smallest absolute Gasteiger partial charge is 0.264 e. The molecule has 0 saturated heterocycles. The van der Waals surface area contributed by atoms with E-state index in [0.717, 1.165) is 22.6 Å². The zero-order valence-corrected chi connectivity index (χ0v) is 14.8. The van der Waals surface area contributed by atoms with Gasteiger partial charge in [0.05, 0.1) is 5.69 Å². The van der Waals surface area contributed by atoms with Crippen LogP contribution in [-0.4, -0.2) is 24.3 Å². The van der Waals surface area contributed by atoms with E-state index < -0.39 is 0 Å². The molecule has 0 spiro atoms. The summed E-state index contributed by atoms with van der Waals surface area (Å²) in [6, 6.07) is 13.2. The lowest BCUT2D eigenvalue weighted by Crippen LogP contribution is -2.20. The molecular formula is C19H16N2O4S. The minimum absolute atomic E-state index is 0.0675. The molecule has 2 heterocycles. The number of aromatic nitrogens is 1. The number of benzene rings is 2. The number of nitrogens with one attached hydrogen (secondary N) is 1. The van der Waals surface area contributed by atoms with E-state index in [1.54, 1.807) is 0 Å². The van der Waals surface area contributed by atoms with E-state index in [2.05, 4.69) is 10.3 Å². The average Bonchev–Trinajstić information content (AvgIpc) is 3.29. The average molecular weight is 368 g/mol. The summed E-state index contributed by atoms with van der Waals surface area (Å²) in [5, 5.41) is 5.16. The van der Waals surface area contributed by atoms with Gasteiger partial charge in [0.2, 0.25) is 6.79 Å². The minimum atomic E-state index is -0.253. The molecule has 1 amide bonds. The molecule has 0 atom stereocenters. The monoisotopic (exact) mass is 368 g/mol. The molecular weight excluding hydrogens is 352 g/mol. The second kappa shape index (κ2) is 7.05. The lowest BCUT2D eigenvalue weighted by molar-refractivity contribution is -0.118. The maximum Gasteiger partial charge on any atom is 0.264 e. The minimum Gasteiger partial charge on any atom is -0.484 e. The normalized spacial score (nSPS) is 12.0. The van der Waals surface area contributed by atoms with Crippen molar-refractivity contribution in [3.63, 3.8) is 0 Å². The third-order valence-electron chi connectivity index (χ3n) is 3.81. The van der Waals surface area contributed by atoms with Crippen LogP contribution in [0.3, 0.4) is 0 Å². The number of hydrogen-bond acceptors (Lipinski definition) is 6.